The van der Waals surface area contributed by atoms with E-state index in [2.05, 4.69) is 11.6 Å². The first-order valence-electron chi connectivity index (χ1n) is 26.0. The predicted octanol–water partition coefficient (Wildman–Crippen LogP) is 11.2. The third kappa shape index (κ3) is 19.2. The van der Waals surface area contributed by atoms with Gasteiger partial charge in [-0.25, -0.2) is 13.1 Å². The van der Waals surface area contributed by atoms with Gasteiger partial charge in [-0.15, -0.1) is 0 Å². The van der Waals surface area contributed by atoms with Crippen LogP contribution < -0.4 is 4.72 Å². The minimum absolute atomic E-state index is 0.0639. The van der Waals surface area contributed by atoms with Crippen molar-refractivity contribution < 1.29 is 47.1 Å². The largest absolute Gasteiger partial charge is 0.390 e. The minimum atomic E-state index is -4.21. The standard InChI is InChI=1S/C59H79NO10S/c1-3-4-5-6-7-8-9-10-11-12-13-26-38-52(61)55(62)51(60-71(63,64)54-39-28-27-29-46(54)2)44-69-59-58(68-43-50-36-24-17-25-37-50)57(67-42-49-34-22-16-23-35-49)56(66-41-48-32-20-15-21-33-48)53(70-59)45-65-40-47-30-18-14-19-31-47/h14-25,27-37,39,51-53,55-62H,3-13,26,38,40-45H2,1-2H3/t51-,52+,53?,55-,56-,57-,58?,59+/m0/s1. The number of aliphatic hydroxyl groups is 2. The summed E-state index contributed by atoms with van der Waals surface area (Å²) in [4.78, 5) is 0.0639. The fourth-order valence-corrected chi connectivity index (χ4v) is 10.5. The van der Waals surface area contributed by atoms with Crippen LogP contribution in [-0.2, 0) is 64.9 Å². The molecule has 0 radical (unpaired) electrons. The summed E-state index contributed by atoms with van der Waals surface area (Å²) in [5.41, 5.74) is 4.32. The zero-order chi connectivity index (χ0) is 49.9. The van der Waals surface area contributed by atoms with Crippen LogP contribution in [0, 0.1) is 6.92 Å². The van der Waals surface area contributed by atoms with Crippen molar-refractivity contribution in [1.29, 1.82) is 0 Å². The van der Waals surface area contributed by atoms with Crippen molar-refractivity contribution in [3.63, 3.8) is 0 Å². The van der Waals surface area contributed by atoms with Crippen LogP contribution in [0.4, 0.5) is 0 Å². The Kier molecular flexibility index (Phi) is 24.7. The summed E-state index contributed by atoms with van der Waals surface area (Å²) in [7, 11) is -4.21. The van der Waals surface area contributed by atoms with Crippen molar-refractivity contribution in [1.82, 2.24) is 4.72 Å². The van der Waals surface area contributed by atoms with Crippen LogP contribution in [-0.4, -0.2) is 80.8 Å². The highest BCUT2D eigenvalue weighted by Gasteiger charge is 2.49. The van der Waals surface area contributed by atoms with Crippen LogP contribution >= 0.6 is 0 Å². The first-order valence-corrected chi connectivity index (χ1v) is 27.5. The van der Waals surface area contributed by atoms with Crippen LogP contribution in [0.15, 0.2) is 150 Å². The highest BCUT2D eigenvalue weighted by atomic mass is 32.2. The van der Waals surface area contributed by atoms with Crippen LogP contribution in [0.5, 0.6) is 0 Å². The van der Waals surface area contributed by atoms with Crippen molar-refractivity contribution in [2.45, 2.75) is 178 Å². The molecule has 5 aromatic carbocycles. The van der Waals surface area contributed by atoms with Crippen molar-refractivity contribution in [2.24, 2.45) is 0 Å². The molecule has 1 saturated heterocycles. The highest BCUT2D eigenvalue weighted by Crippen LogP contribution is 2.32. The zero-order valence-electron chi connectivity index (χ0n) is 42.0. The van der Waals surface area contributed by atoms with Crippen molar-refractivity contribution >= 4 is 10.0 Å². The highest BCUT2D eigenvalue weighted by molar-refractivity contribution is 7.89. The molecular formula is C59H79NO10S. The summed E-state index contributed by atoms with van der Waals surface area (Å²) < 4.78 is 71.5. The lowest BCUT2D eigenvalue weighted by atomic mass is 9.97. The molecule has 0 amide bonds. The van der Waals surface area contributed by atoms with Gasteiger partial charge in [-0.05, 0) is 47.2 Å². The van der Waals surface area contributed by atoms with Gasteiger partial charge in [0.15, 0.2) is 6.29 Å². The van der Waals surface area contributed by atoms with Gasteiger partial charge in [0, 0.05) is 0 Å². The molecule has 8 atom stereocenters. The predicted molar refractivity (Wildman–Crippen MR) is 279 cm³/mol. The van der Waals surface area contributed by atoms with E-state index in [-0.39, 0.29) is 37.9 Å². The van der Waals surface area contributed by atoms with Crippen LogP contribution in [0.1, 0.15) is 118 Å². The maximum absolute atomic E-state index is 14.2. The SMILES string of the molecule is CCCCCCCCCCCCCC[C@@H](O)[C@@H](O)[C@H](CO[C@@H]1OC(COCc2ccccc2)[C@H](OCc2ccccc2)[C@H](OCc2ccccc2)C1OCc1ccccc1)NS(=O)(=O)c1ccccc1C. The van der Waals surface area contributed by atoms with Gasteiger partial charge in [-0.1, -0.05) is 224 Å². The molecule has 0 spiro atoms. The molecule has 71 heavy (non-hydrogen) atoms. The van der Waals surface area contributed by atoms with Crippen LogP contribution in [0.25, 0.3) is 0 Å². The van der Waals surface area contributed by atoms with Crippen molar-refractivity contribution in [3.8, 4) is 0 Å². The maximum atomic E-state index is 14.2. The third-order valence-corrected chi connectivity index (χ3v) is 14.8. The molecule has 0 saturated carbocycles. The second-order valence-corrected chi connectivity index (χ2v) is 20.6. The molecule has 6 rings (SSSR count). The topological polar surface area (TPSA) is 142 Å². The molecule has 5 aromatic rings. The molecule has 12 heteroatoms. The zero-order valence-corrected chi connectivity index (χ0v) is 42.8. The lowest BCUT2D eigenvalue weighted by molar-refractivity contribution is -0.329. The number of unbranched alkanes of at least 4 members (excludes halogenated alkanes) is 11. The van der Waals surface area contributed by atoms with E-state index < -0.39 is 59.0 Å². The number of hydrogen-bond acceptors (Lipinski definition) is 10. The molecule has 0 bridgehead atoms. The van der Waals surface area contributed by atoms with Gasteiger partial charge in [-0.3, -0.25) is 0 Å². The summed E-state index contributed by atoms with van der Waals surface area (Å²) >= 11 is 0. The monoisotopic (exact) mass is 994 g/mol. The third-order valence-electron chi connectivity index (χ3n) is 13.1. The second-order valence-electron chi connectivity index (χ2n) is 18.9. The summed E-state index contributed by atoms with van der Waals surface area (Å²) in [6, 6.07) is 44.7. The summed E-state index contributed by atoms with van der Waals surface area (Å²) in [6.07, 6.45) is 7.11. The van der Waals surface area contributed by atoms with E-state index in [0.29, 0.717) is 25.0 Å². The number of benzene rings is 5. The quantitative estimate of drug-likeness (QED) is 0.0341. The average molecular weight is 994 g/mol. The fourth-order valence-electron chi connectivity index (χ4n) is 9.04. The molecule has 1 aliphatic rings. The Hall–Kier alpha value is -4.31. The van der Waals surface area contributed by atoms with Gasteiger partial charge in [-0.2, -0.15) is 0 Å². The molecule has 3 N–H and O–H groups in total. The normalized spacial score (nSPS) is 19.6. The molecule has 1 aliphatic heterocycles. The summed E-state index contributed by atoms with van der Waals surface area (Å²) in [6.45, 7) is 4.62. The van der Waals surface area contributed by atoms with E-state index in [4.69, 9.17) is 28.4 Å². The lowest BCUT2D eigenvalue weighted by Gasteiger charge is -2.46. The molecular weight excluding hydrogens is 915 g/mol. The van der Waals surface area contributed by atoms with Gasteiger partial charge >= 0.3 is 0 Å². The number of aryl methyl sites for hydroxylation is 1. The second kappa shape index (κ2) is 31.3. The van der Waals surface area contributed by atoms with Gasteiger partial charge in [0.2, 0.25) is 10.0 Å². The van der Waals surface area contributed by atoms with Gasteiger partial charge in [0.1, 0.15) is 24.4 Å². The van der Waals surface area contributed by atoms with E-state index in [0.717, 1.165) is 41.5 Å². The maximum Gasteiger partial charge on any atom is 0.241 e. The Morgan fingerprint density at radius 2 is 0.972 bits per heavy atom. The van der Waals surface area contributed by atoms with Gasteiger partial charge in [0.25, 0.3) is 0 Å². The first-order chi connectivity index (χ1) is 34.7. The molecule has 0 aliphatic carbocycles. The smallest absolute Gasteiger partial charge is 0.241 e. The first kappa shape index (κ1) is 56.0. The summed E-state index contributed by atoms with van der Waals surface area (Å²) in [5.74, 6) is 0. The number of sulfonamides is 1. The van der Waals surface area contributed by atoms with E-state index in [9.17, 15) is 18.6 Å². The summed E-state index contributed by atoms with van der Waals surface area (Å²) in [5, 5.41) is 23.5. The molecule has 1 fully saturated rings. The fraction of sp³-hybridized carbons (Fsp3) is 0.492. The van der Waals surface area contributed by atoms with E-state index in [1.54, 1.807) is 25.1 Å². The lowest BCUT2D eigenvalue weighted by Crippen LogP contribution is -2.62. The average Bonchev–Trinajstić information content (AvgIpc) is 3.39. The number of hydrogen-bond donors (Lipinski definition) is 3. The number of nitrogens with one attached hydrogen (secondary N) is 1. The van der Waals surface area contributed by atoms with Crippen molar-refractivity contribution in [3.05, 3.63) is 173 Å². The Morgan fingerprint density at radius 3 is 1.48 bits per heavy atom. The Bertz CT molecular complexity index is 2270. The molecule has 11 nitrogen and oxygen atoms in total. The number of aliphatic hydroxyl groups excluding tert-OH is 2. The number of rotatable bonds is 34. The van der Waals surface area contributed by atoms with E-state index in [1.807, 2.05) is 121 Å². The Morgan fingerprint density at radius 1 is 0.535 bits per heavy atom. The Labute approximate surface area is 424 Å². The van der Waals surface area contributed by atoms with Crippen LogP contribution in [0.3, 0.4) is 0 Å². The van der Waals surface area contributed by atoms with Crippen molar-refractivity contribution in [2.75, 3.05) is 13.2 Å². The van der Waals surface area contributed by atoms with Gasteiger partial charge in [0.05, 0.1) is 62.8 Å². The molecule has 0 aromatic heterocycles. The van der Waals surface area contributed by atoms with Crippen LogP contribution in [0.2, 0.25) is 0 Å². The molecule has 1 heterocycles. The minimum Gasteiger partial charge on any atom is -0.390 e. The van der Waals surface area contributed by atoms with E-state index >= 15 is 0 Å². The molecule has 2 unspecified atom stereocenters. The van der Waals surface area contributed by atoms with E-state index in [1.165, 1.54) is 57.4 Å². The number of ether oxygens (including phenoxy) is 6. The molecule has 386 valence electrons. The Balaban J connectivity index is 1.24. The van der Waals surface area contributed by atoms with Gasteiger partial charge < -0.3 is 38.6 Å².